The molecule has 182 valence electrons. The van der Waals surface area contributed by atoms with Gasteiger partial charge in [0, 0.05) is 11.1 Å². The minimum Gasteiger partial charge on any atom is -0.492 e. The van der Waals surface area contributed by atoms with Crippen LogP contribution in [0, 0.1) is 25.7 Å². The first-order valence-electron chi connectivity index (χ1n) is 12.8. The molecule has 0 saturated carbocycles. The van der Waals surface area contributed by atoms with E-state index in [9.17, 15) is 4.79 Å². The molecule has 0 aliphatic carbocycles. The summed E-state index contributed by atoms with van der Waals surface area (Å²) in [5.74, 6) is 2.67. The molecule has 32 heavy (non-hydrogen) atoms. The Morgan fingerprint density at radius 1 is 1.12 bits per heavy atom. The van der Waals surface area contributed by atoms with Crippen LogP contribution in [-0.2, 0) is 17.6 Å². The van der Waals surface area contributed by atoms with Gasteiger partial charge in [-0.1, -0.05) is 53.4 Å². The highest BCUT2D eigenvalue weighted by atomic mass is 16.5. The fourth-order valence-electron chi connectivity index (χ4n) is 4.99. The molecule has 0 bridgehead atoms. The molecule has 4 nitrogen and oxygen atoms in total. The first kappa shape index (κ1) is 26.5. The number of hydrogen-bond acceptors (Lipinski definition) is 3. The predicted molar refractivity (Wildman–Crippen MR) is 132 cm³/mol. The standard InChI is InChI=1S/C28H46O4/c1-8-23-24-14-17-28(7,16-10-13-20(4)12-9-11-19(2)3)32-27(24)22(6)21(5)26(23)31-18-15-25(29)30/h19-20H,8-18H2,1-7H3,(H,29,30). The van der Waals surface area contributed by atoms with Gasteiger partial charge in [-0.25, -0.2) is 0 Å². The van der Waals surface area contributed by atoms with E-state index in [4.69, 9.17) is 14.6 Å². The van der Waals surface area contributed by atoms with Crippen molar-refractivity contribution in [1.29, 1.82) is 0 Å². The van der Waals surface area contributed by atoms with Crippen molar-refractivity contribution in [2.24, 2.45) is 11.8 Å². The van der Waals surface area contributed by atoms with Gasteiger partial charge < -0.3 is 14.6 Å². The van der Waals surface area contributed by atoms with Gasteiger partial charge in [-0.05, 0) is 75.8 Å². The number of carbonyl (C=O) groups is 1. The summed E-state index contributed by atoms with van der Waals surface area (Å²) in [7, 11) is 0. The summed E-state index contributed by atoms with van der Waals surface area (Å²) in [5.41, 5.74) is 4.55. The van der Waals surface area contributed by atoms with Gasteiger partial charge >= 0.3 is 5.97 Å². The molecule has 0 aromatic heterocycles. The quantitative estimate of drug-likeness (QED) is 0.342. The van der Waals surface area contributed by atoms with E-state index in [2.05, 4.69) is 48.5 Å². The summed E-state index contributed by atoms with van der Waals surface area (Å²) < 4.78 is 12.7. The Labute approximate surface area is 196 Å². The van der Waals surface area contributed by atoms with Crippen LogP contribution >= 0.6 is 0 Å². The second kappa shape index (κ2) is 12.0. The van der Waals surface area contributed by atoms with E-state index < -0.39 is 5.97 Å². The first-order valence-corrected chi connectivity index (χ1v) is 12.8. The van der Waals surface area contributed by atoms with Crippen LogP contribution in [0.1, 0.15) is 108 Å². The summed E-state index contributed by atoms with van der Waals surface area (Å²) in [6, 6.07) is 0. The van der Waals surface area contributed by atoms with Gasteiger partial charge in [0.2, 0.25) is 0 Å². The number of carboxylic acids is 1. The van der Waals surface area contributed by atoms with Crippen LogP contribution in [0.3, 0.4) is 0 Å². The lowest BCUT2D eigenvalue weighted by Crippen LogP contribution is -2.37. The molecule has 0 spiro atoms. The Hall–Kier alpha value is -1.71. The maximum atomic E-state index is 10.9. The van der Waals surface area contributed by atoms with Crippen LogP contribution < -0.4 is 9.47 Å². The van der Waals surface area contributed by atoms with Crippen molar-refractivity contribution in [1.82, 2.24) is 0 Å². The lowest BCUT2D eigenvalue weighted by molar-refractivity contribution is -0.137. The Bertz CT molecular complexity index is 767. The number of aliphatic carboxylic acids is 1. The van der Waals surface area contributed by atoms with Crippen LogP contribution in [0.4, 0.5) is 0 Å². The van der Waals surface area contributed by atoms with Gasteiger partial charge in [0.25, 0.3) is 0 Å². The zero-order valence-corrected chi connectivity index (χ0v) is 21.6. The topological polar surface area (TPSA) is 55.8 Å². The average Bonchev–Trinajstić information content (AvgIpc) is 2.71. The van der Waals surface area contributed by atoms with Crippen LogP contribution in [0.2, 0.25) is 0 Å². The molecule has 1 aliphatic heterocycles. The SMILES string of the molecule is CCc1c2c(c(C)c(C)c1OCCC(=O)O)OC(C)(CCCC(C)CCCC(C)C)CC2. The molecule has 1 aromatic rings. The van der Waals surface area contributed by atoms with Crippen molar-refractivity contribution < 1.29 is 19.4 Å². The molecule has 0 amide bonds. The number of hydrogen-bond donors (Lipinski definition) is 1. The minimum absolute atomic E-state index is 0.0171. The van der Waals surface area contributed by atoms with Crippen molar-refractivity contribution in [2.45, 2.75) is 118 Å². The van der Waals surface area contributed by atoms with E-state index in [1.54, 1.807) is 0 Å². The molecule has 1 heterocycles. The van der Waals surface area contributed by atoms with Crippen molar-refractivity contribution in [3.05, 3.63) is 22.3 Å². The van der Waals surface area contributed by atoms with E-state index in [0.717, 1.165) is 60.1 Å². The van der Waals surface area contributed by atoms with Crippen molar-refractivity contribution >= 4 is 5.97 Å². The fourth-order valence-corrected chi connectivity index (χ4v) is 4.99. The summed E-state index contributed by atoms with van der Waals surface area (Å²) in [5, 5.41) is 8.96. The molecule has 0 fully saturated rings. The minimum atomic E-state index is -0.830. The van der Waals surface area contributed by atoms with Crippen LogP contribution in [-0.4, -0.2) is 23.3 Å². The van der Waals surface area contributed by atoms with Crippen LogP contribution in [0.25, 0.3) is 0 Å². The summed E-state index contributed by atoms with van der Waals surface area (Å²) in [6.07, 6.45) is 10.5. The number of fused-ring (bicyclic) bond motifs is 1. The highest BCUT2D eigenvalue weighted by Crippen LogP contribution is 2.45. The smallest absolute Gasteiger partial charge is 0.306 e. The normalized spacial score (nSPS) is 18.9. The predicted octanol–water partition coefficient (Wildman–Crippen LogP) is 7.44. The molecular formula is C28H46O4. The third kappa shape index (κ3) is 7.15. The van der Waals surface area contributed by atoms with Gasteiger partial charge in [-0.2, -0.15) is 0 Å². The lowest BCUT2D eigenvalue weighted by Gasteiger charge is -2.39. The Morgan fingerprint density at radius 3 is 2.44 bits per heavy atom. The molecule has 0 saturated heterocycles. The molecular weight excluding hydrogens is 400 g/mol. The number of benzene rings is 1. The summed E-state index contributed by atoms with van der Waals surface area (Å²) in [4.78, 5) is 10.9. The highest BCUT2D eigenvalue weighted by Gasteiger charge is 2.35. The second-order valence-corrected chi connectivity index (χ2v) is 10.6. The largest absolute Gasteiger partial charge is 0.492 e. The monoisotopic (exact) mass is 446 g/mol. The zero-order chi connectivity index (χ0) is 23.9. The molecule has 1 aromatic carbocycles. The third-order valence-electron chi connectivity index (χ3n) is 7.21. The third-order valence-corrected chi connectivity index (χ3v) is 7.21. The molecule has 2 unspecified atom stereocenters. The number of ether oxygens (including phenoxy) is 2. The number of rotatable bonds is 13. The second-order valence-electron chi connectivity index (χ2n) is 10.6. The zero-order valence-electron chi connectivity index (χ0n) is 21.6. The number of carboxylic acid groups (broad SMARTS) is 1. The average molecular weight is 447 g/mol. The molecule has 2 atom stereocenters. The summed E-state index contributed by atoms with van der Waals surface area (Å²) >= 11 is 0. The highest BCUT2D eigenvalue weighted by molar-refractivity contribution is 5.67. The van der Waals surface area contributed by atoms with E-state index in [1.807, 2.05) is 0 Å². The maximum absolute atomic E-state index is 10.9. The van der Waals surface area contributed by atoms with Crippen molar-refractivity contribution in [3.8, 4) is 11.5 Å². The fraction of sp³-hybridized carbons (Fsp3) is 0.750. The van der Waals surface area contributed by atoms with E-state index >= 15 is 0 Å². The molecule has 2 rings (SSSR count). The molecule has 4 heteroatoms. The Morgan fingerprint density at radius 2 is 1.81 bits per heavy atom. The van der Waals surface area contributed by atoms with Gasteiger partial charge in [-0.3, -0.25) is 4.79 Å². The van der Waals surface area contributed by atoms with E-state index in [0.29, 0.717) is 0 Å². The first-order chi connectivity index (χ1) is 15.1. The van der Waals surface area contributed by atoms with Gasteiger partial charge in [0.15, 0.2) is 0 Å². The maximum Gasteiger partial charge on any atom is 0.306 e. The van der Waals surface area contributed by atoms with Crippen LogP contribution in [0.15, 0.2) is 0 Å². The van der Waals surface area contributed by atoms with E-state index in [1.165, 1.54) is 43.2 Å². The van der Waals surface area contributed by atoms with E-state index in [-0.39, 0.29) is 18.6 Å². The molecule has 1 N–H and O–H groups in total. The Kier molecular flexibility index (Phi) is 9.91. The summed E-state index contributed by atoms with van der Waals surface area (Å²) in [6.45, 7) is 15.8. The Balaban J connectivity index is 2.05. The molecule has 1 aliphatic rings. The molecule has 0 radical (unpaired) electrons. The van der Waals surface area contributed by atoms with Crippen molar-refractivity contribution in [2.75, 3.05) is 6.61 Å². The van der Waals surface area contributed by atoms with Gasteiger partial charge in [-0.15, -0.1) is 0 Å². The lowest BCUT2D eigenvalue weighted by atomic mass is 9.83. The van der Waals surface area contributed by atoms with Crippen LogP contribution in [0.5, 0.6) is 11.5 Å². The van der Waals surface area contributed by atoms with Gasteiger partial charge in [0.1, 0.15) is 17.1 Å². The van der Waals surface area contributed by atoms with Gasteiger partial charge in [0.05, 0.1) is 13.0 Å². The van der Waals surface area contributed by atoms with Crippen molar-refractivity contribution in [3.63, 3.8) is 0 Å².